The molecule has 0 aromatic heterocycles. The third-order valence-electron chi connectivity index (χ3n) is 4.47. The summed E-state index contributed by atoms with van der Waals surface area (Å²) < 4.78 is 37.6. The lowest BCUT2D eigenvalue weighted by molar-refractivity contribution is 0.102. The number of sulfone groups is 1. The molecule has 0 aliphatic carbocycles. The zero-order valence-corrected chi connectivity index (χ0v) is 15.4. The van der Waals surface area contributed by atoms with Gasteiger partial charge in [-0.3, -0.25) is 4.79 Å². The van der Waals surface area contributed by atoms with E-state index in [1.165, 1.54) is 36.4 Å². The average Bonchev–Trinajstić information content (AvgIpc) is 3.16. The van der Waals surface area contributed by atoms with Crippen LogP contribution in [0, 0.1) is 5.82 Å². The summed E-state index contributed by atoms with van der Waals surface area (Å²) in [6.45, 7) is 3.33. The highest BCUT2D eigenvalue weighted by Gasteiger charge is 2.16. The van der Waals surface area contributed by atoms with Crippen LogP contribution >= 0.6 is 0 Å². The standard InChI is InChI=1S/C19H21FN2O3S/c1-2-26(24,25)18-7-5-14(6-8-18)19(23)21-16-11-15(20)12-17(13-16)22-9-3-4-10-22/h5-8,11-13H,2-4,9-10H2,1H3,(H,21,23). The molecule has 1 amide bonds. The molecule has 0 saturated carbocycles. The average molecular weight is 376 g/mol. The number of nitrogens with zero attached hydrogens (tertiary/aromatic N) is 1. The van der Waals surface area contributed by atoms with Gasteiger partial charge in [-0.2, -0.15) is 0 Å². The van der Waals surface area contributed by atoms with E-state index in [2.05, 4.69) is 10.2 Å². The molecule has 0 atom stereocenters. The molecule has 0 bridgehead atoms. The first-order valence-electron chi connectivity index (χ1n) is 8.59. The van der Waals surface area contributed by atoms with Crippen LogP contribution in [-0.2, 0) is 9.84 Å². The molecule has 26 heavy (non-hydrogen) atoms. The van der Waals surface area contributed by atoms with Crippen molar-refractivity contribution in [2.45, 2.75) is 24.7 Å². The molecule has 3 rings (SSSR count). The highest BCUT2D eigenvalue weighted by atomic mass is 32.2. The van der Waals surface area contributed by atoms with Gasteiger partial charge in [-0.15, -0.1) is 0 Å². The maximum absolute atomic E-state index is 13.9. The molecule has 0 unspecified atom stereocenters. The Balaban J connectivity index is 1.77. The van der Waals surface area contributed by atoms with Crippen LogP contribution in [-0.4, -0.2) is 33.2 Å². The van der Waals surface area contributed by atoms with Crippen molar-refractivity contribution in [1.29, 1.82) is 0 Å². The monoisotopic (exact) mass is 376 g/mol. The first-order chi connectivity index (χ1) is 12.4. The number of hydrogen-bond acceptors (Lipinski definition) is 4. The van der Waals surface area contributed by atoms with Crippen molar-refractivity contribution >= 4 is 27.1 Å². The SMILES string of the molecule is CCS(=O)(=O)c1ccc(C(=O)Nc2cc(F)cc(N3CCCC3)c2)cc1. The van der Waals surface area contributed by atoms with Gasteiger partial charge in [0, 0.05) is 30.0 Å². The topological polar surface area (TPSA) is 66.5 Å². The van der Waals surface area contributed by atoms with E-state index in [1.807, 2.05) is 0 Å². The summed E-state index contributed by atoms with van der Waals surface area (Å²) in [7, 11) is -3.31. The van der Waals surface area contributed by atoms with E-state index in [4.69, 9.17) is 0 Å². The lowest BCUT2D eigenvalue weighted by atomic mass is 10.2. The molecule has 7 heteroatoms. The highest BCUT2D eigenvalue weighted by Crippen LogP contribution is 2.25. The molecule has 1 saturated heterocycles. The number of carbonyl (C=O) groups is 1. The minimum Gasteiger partial charge on any atom is -0.371 e. The molecule has 1 N–H and O–H groups in total. The van der Waals surface area contributed by atoms with Crippen molar-refractivity contribution in [3.8, 4) is 0 Å². The lowest BCUT2D eigenvalue weighted by Crippen LogP contribution is -2.18. The molecule has 1 fully saturated rings. The van der Waals surface area contributed by atoms with Crippen LogP contribution in [0.5, 0.6) is 0 Å². The zero-order valence-electron chi connectivity index (χ0n) is 14.5. The van der Waals surface area contributed by atoms with Gasteiger partial charge >= 0.3 is 0 Å². The van der Waals surface area contributed by atoms with Crippen LogP contribution in [0.2, 0.25) is 0 Å². The van der Waals surface area contributed by atoms with Gasteiger partial charge in [0.2, 0.25) is 0 Å². The van der Waals surface area contributed by atoms with Gasteiger partial charge in [0.25, 0.3) is 5.91 Å². The number of amides is 1. The van der Waals surface area contributed by atoms with E-state index < -0.39 is 21.6 Å². The molecule has 2 aromatic carbocycles. The second-order valence-electron chi connectivity index (χ2n) is 6.27. The predicted molar refractivity (Wildman–Crippen MR) is 100.0 cm³/mol. The van der Waals surface area contributed by atoms with Gasteiger partial charge in [0.15, 0.2) is 9.84 Å². The Bertz CT molecular complexity index is 905. The van der Waals surface area contributed by atoms with Crippen LogP contribution in [0.3, 0.4) is 0 Å². The normalized spacial score (nSPS) is 14.5. The summed E-state index contributed by atoms with van der Waals surface area (Å²) in [5.74, 6) is -0.821. The molecule has 2 aromatic rings. The number of carbonyl (C=O) groups excluding carboxylic acids is 1. The molecule has 0 radical (unpaired) electrons. The van der Waals surface area contributed by atoms with Crippen LogP contribution in [0.1, 0.15) is 30.1 Å². The number of anilines is 2. The van der Waals surface area contributed by atoms with E-state index >= 15 is 0 Å². The van der Waals surface area contributed by atoms with Crippen LogP contribution < -0.4 is 10.2 Å². The minimum absolute atomic E-state index is 0.00110. The number of halogens is 1. The Morgan fingerprint density at radius 3 is 2.38 bits per heavy atom. The second kappa shape index (κ2) is 7.45. The summed E-state index contributed by atoms with van der Waals surface area (Å²) in [6, 6.07) is 10.2. The summed E-state index contributed by atoms with van der Waals surface area (Å²) in [5, 5.41) is 2.68. The highest BCUT2D eigenvalue weighted by molar-refractivity contribution is 7.91. The summed E-state index contributed by atoms with van der Waals surface area (Å²) in [5.41, 5.74) is 1.44. The summed E-state index contributed by atoms with van der Waals surface area (Å²) in [6.07, 6.45) is 2.15. The van der Waals surface area contributed by atoms with E-state index in [9.17, 15) is 17.6 Å². The smallest absolute Gasteiger partial charge is 0.255 e. The quantitative estimate of drug-likeness (QED) is 0.868. The summed E-state index contributed by atoms with van der Waals surface area (Å²) in [4.78, 5) is 14.7. The maximum atomic E-state index is 13.9. The molecule has 5 nitrogen and oxygen atoms in total. The fourth-order valence-corrected chi connectivity index (χ4v) is 3.87. The van der Waals surface area contributed by atoms with Gasteiger partial charge < -0.3 is 10.2 Å². The van der Waals surface area contributed by atoms with E-state index in [0.717, 1.165) is 31.6 Å². The Hall–Kier alpha value is -2.41. The van der Waals surface area contributed by atoms with E-state index in [1.54, 1.807) is 13.0 Å². The van der Waals surface area contributed by atoms with E-state index in [-0.39, 0.29) is 10.6 Å². The third-order valence-corrected chi connectivity index (χ3v) is 6.22. The molecule has 1 aliphatic heterocycles. The molecule has 138 valence electrons. The zero-order chi connectivity index (χ0) is 18.7. The predicted octanol–water partition coefficient (Wildman–Crippen LogP) is 3.47. The molecule has 1 heterocycles. The van der Waals surface area contributed by atoms with Gasteiger partial charge in [-0.25, -0.2) is 12.8 Å². The van der Waals surface area contributed by atoms with Crippen LogP contribution in [0.25, 0.3) is 0 Å². The summed E-state index contributed by atoms with van der Waals surface area (Å²) >= 11 is 0. The van der Waals surface area contributed by atoms with Crippen molar-refractivity contribution in [3.63, 3.8) is 0 Å². The Labute approximate surface area is 152 Å². The number of benzene rings is 2. The van der Waals surface area contributed by atoms with E-state index in [0.29, 0.717) is 11.3 Å². The largest absolute Gasteiger partial charge is 0.371 e. The number of hydrogen-bond donors (Lipinski definition) is 1. The number of rotatable bonds is 5. The van der Waals surface area contributed by atoms with Crippen LogP contribution in [0.4, 0.5) is 15.8 Å². The van der Waals surface area contributed by atoms with Crippen molar-refractivity contribution in [2.75, 3.05) is 29.1 Å². The van der Waals surface area contributed by atoms with Crippen molar-refractivity contribution in [3.05, 3.63) is 53.8 Å². The third kappa shape index (κ3) is 4.04. The second-order valence-corrected chi connectivity index (χ2v) is 8.55. The van der Waals surface area contributed by atoms with Gasteiger partial charge in [-0.1, -0.05) is 6.92 Å². The van der Waals surface area contributed by atoms with Crippen molar-refractivity contribution in [1.82, 2.24) is 0 Å². The minimum atomic E-state index is -3.31. The molecule has 1 aliphatic rings. The van der Waals surface area contributed by atoms with Gasteiger partial charge in [0.1, 0.15) is 5.82 Å². The first kappa shape index (κ1) is 18.4. The molecule has 0 spiro atoms. The Morgan fingerprint density at radius 1 is 1.12 bits per heavy atom. The van der Waals surface area contributed by atoms with Gasteiger partial charge in [-0.05, 0) is 55.3 Å². The Kier molecular flexibility index (Phi) is 5.27. The van der Waals surface area contributed by atoms with Crippen molar-refractivity contribution < 1.29 is 17.6 Å². The molecular weight excluding hydrogens is 355 g/mol. The number of nitrogens with one attached hydrogen (secondary N) is 1. The van der Waals surface area contributed by atoms with Crippen LogP contribution in [0.15, 0.2) is 47.4 Å². The first-order valence-corrected chi connectivity index (χ1v) is 10.2. The maximum Gasteiger partial charge on any atom is 0.255 e. The van der Waals surface area contributed by atoms with Crippen molar-refractivity contribution in [2.24, 2.45) is 0 Å². The lowest BCUT2D eigenvalue weighted by Gasteiger charge is -2.19. The Morgan fingerprint density at radius 2 is 1.77 bits per heavy atom. The molecular formula is C19H21FN2O3S. The fraction of sp³-hybridized carbons (Fsp3) is 0.316. The fourth-order valence-electron chi connectivity index (χ4n) is 2.99. The van der Waals surface area contributed by atoms with Gasteiger partial charge in [0.05, 0.1) is 10.6 Å².